The zero-order valence-electron chi connectivity index (χ0n) is 12.1. The first kappa shape index (κ1) is 15.7. The maximum Gasteiger partial charge on any atom is 0.418 e. The van der Waals surface area contributed by atoms with Crippen LogP contribution >= 0.6 is 0 Å². The van der Waals surface area contributed by atoms with E-state index in [4.69, 9.17) is 5.73 Å². The highest BCUT2D eigenvalue weighted by Gasteiger charge is 2.34. The van der Waals surface area contributed by atoms with Crippen LogP contribution in [0.1, 0.15) is 42.6 Å². The Morgan fingerprint density at radius 3 is 2.48 bits per heavy atom. The average molecular weight is 300 g/mol. The van der Waals surface area contributed by atoms with E-state index in [1.54, 1.807) is 4.90 Å². The van der Waals surface area contributed by atoms with Gasteiger partial charge >= 0.3 is 6.18 Å². The standard InChI is InChI=1S/C15H19F3N2O/c1-9(2)20(8-10-3-4-10)14(21)11-5-6-13(19)12(7-11)15(16,17)18/h5-7,9-10H,3-4,8,19H2,1-2H3. The molecule has 1 amide bonds. The number of carbonyl (C=O) groups is 1. The molecule has 0 atom stereocenters. The Labute approximate surface area is 121 Å². The van der Waals surface area contributed by atoms with Crippen molar-refractivity contribution in [3.63, 3.8) is 0 Å². The normalized spacial score (nSPS) is 15.3. The minimum atomic E-state index is -4.56. The van der Waals surface area contributed by atoms with Gasteiger partial charge in [-0.3, -0.25) is 4.79 Å². The predicted molar refractivity (Wildman–Crippen MR) is 74.8 cm³/mol. The van der Waals surface area contributed by atoms with Gasteiger partial charge in [0.2, 0.25) is 0 Å². The van der Waals surface area contributed by atoms with Crippen LogP contribution in [0.3, 0.4) is 0 Å². The minimum absolute atomic E-state index is 0.0332. The Bertz CT molecular complexity index is 536. The van der Waals surface area contributed by atoms with Crippen LogP contribution in [-0.2, 0) is 6.18 Å². The van der Waals surface area contributed by atoms with Crippen LogP contribution in [0.4, 0.5) is 18.9 Å². The van der Waals surface area contributed by atoms with Crippen molar-refractivity contribution in [2.24, 2.45) is 5.92 Å². The molecule has 3 nitrogen and oxygen atoms in total. The van der Waals surface area contributed by atoms with Crippen molar-refractivity contribution in [2.75, 3.05) is 12.3 Å². The highest BCUT2D eigenvalue weighted by atomic mass is 19.4. The molecule has 21 heavy (non-hydrogen) atoms. The fraction of sp³-hybridized carbons (Fsp3) is 0.533. The van der Waals surface area contributed by atoms with Crippen LogP contribution in [0.2, 0.25) is 0 Å². The fourth-order valence-corrected chi connectivity index (χ4v) is 2.21. The molecule has 1 aliphatic carbocycles. The Morgan fingerprint density at radius 1 is 1.38 bits per heavy atom. The van der Waals surface area contributed by atoms with Crippen molar-refractivity contribution in [1.29, 1.82) is 0 Å². The third-order valence-electron chi connectivity index (χ3n) is 3.64. The average Bonchev–Trinajstić information content (AvgIpc) is 3.18. The van der Waals surface area contributed by atoms with E-state index < -0.39 is 11.7 Å². The molecule has 1 aromatic rings. The molecule has 1 aliphatic rings. The second-order valence-electron chi connectivity index (χ2n) is 5.79. The smallest absolute Gasteiger partial charge is 0.398 e. The lowest BCUT2D eigenvalue weighted by Crippen LogP contribution is -2.38. The van der Waals surface area contributed by atoms with Gasteiger partial charge in [-0.15, -0.1) is 0 Å². The van der Waals surface area contributed by atoms with Gasteiger partial charge in [0.05, 0.1) is 5.56 Å². The summed E-state index contributed by atoms with van der Waals surface area (Å²) in [6.07, 6.45) is -2.41. The number of amides is 1. The first-order chi connectivity index (χ1) is 9.70. The molecule has 0 aliphatic heterocycles. The lowest BCUT2D eigenvalue weighted by molar-refractivity contribution is -0.136. The quantitative estimate of drug-likeness (QED) is 0.864. The molecule has 1 saturated carbocycles. The summed E-state index contributed by atoms with van der Waals surface area (Å²) in [5, 5.41) is 0. The summed E-state index contributed by atoms with van der Waals surface area (Å²) < 4.78 is 38.6. The third-order valence-corrected chi connectivity index (χ3v) is 3.64. The second-order valence-corrected chi connectivity index (χ2v) is 5.79. The highest BCUT2D eigenvalue weighted by Crippen LogP contribution is 2.35. The predicted octanol–water partition coefficient (Wildman–Crippen LogP) is 3.55. The van der Waals surface area contributed by atoms with Crippen LogP contribution in [0.15, 0.2) is 18.2 Å². The Hall–Kier alpha value is -1.72. The molecular formula is C15H19F3N2O. The maximum absolute atomic E-state index is 12.9. The van der Waals surface area contributed by atoms with Gasteiger partial charge in [-0.05, 0) is 50.8 Å². The molecule has 0 spiro atoms. The number of nitrogens with two attached hydrogens (primary N) is 1. The lowest BCUT2D eigenvalue weighted by Gasteiger charge is -2.27. The molecule has 0 heterocycles. The summed E-state index contributed by atoms with van der Waals surface area (Å²) in [4.78, 5) is 14.1. The van der Waals surface area contributed by atoms with Gasteiger partial charge in [0.1, 0.15) is 0 Å². The Kier molecular flexibility index (Phi) is 4.16. The van der Waals surface area contributed by atoms with Crippen molar-refractivity contribution in [3.8, 4) is 0 Å². The zero-order chi connectivity index (χ0) is 15.8. The molecule has 0 aromatic heterocycles. The topological polar surface area (TPSA) is 46.3 Å². The van der Waals surface area contributed by atoms with E-state index in [1.165, 1.54) is 6.07 Å². The third kappa shape index (κ3) is 3.68. The number of rotatable bonds is 4. The van der Waals surface area contributed by atoms with Crippen molar-refractivity contribution in [3.05, 3.63) is 29.3 Å². The number of nitrogen functional groups attached to an aromatic ring is 1. The van der Waals surface area contributed by atoms with Crippen molar-refractivity contribution in [1.82, 2.24) is 4.90 Å². The van der Waals surface area contributed by atoms with Gasteiger partial charge in [-0.25, -0.2) is 0 Å². The first-order valence-corrected chi connectivity index (χ1v) is 6.98. The minimum Gasteiger partial charge on any atom is -0.398 e. The first-order valence-electron chi connectivity index (χ1n) is 6.98. The van der Waals surface area contributed by atoms with E-state index in [9.17, 15) is 18.0 Å². The molecule has 1 fully saturated rings. The number of benzene rings is 1. The number of alkyl halides is 3. The maximum atomic E-state index is 12.9. The summed E-state index contributed by atoms with van der Waals surface area (Å²) in [5.41, 5.74) is 4.07. The van der Waals surface area contributed by atoms with E-state index in [-0.39, 0.29) is 23.2 Å². The van der Waals surface area contributed by atoms with Crippen LogP contribution in [-0.4, -0.2) is 23.4 Å². The van der Waals surface area contributed by atoms with Gasteiger partial charge in [0.25, 0.3) is 5.91 Å². The van der Waals surface area contributed by atoms with Crippen molar-refractivity contribution >= 4 is 11.6 Å². The van der Waals surface area contributed by atoms with E-state index in [1.807, 2.05) is 13.8 Å². The van der Waals surface area contributed by atoms with Crippen LogP contribution < -0.4 is 5.73 Å². The zero-order valence-corrected chi connectivity index (χ0v) is 12.1. The molecular weight excluding hydrogens is 281 g/mol. The summed E-state index contributed by atoms with van der Waals surface area (Å²) in [7, 11) is 0. The van der Waals surface area contributed by atoms with E-state index in [0.29, 0.717) is 12.5 Å². The highest BCUT2D eigenvalue weighted by molar-refractivity contribution is 5.95. The van der Waals surface area contributed by atoms with E-state index in [2.05, 4.69) is 0 Å². The van der Waals surface area contributed by atoms with Crippen molar-refractivity contribution in [2.45, 2.75) is 38.9 Å². The monoisotopic (exact) mass is 300 g/mol. The molecule has 0 radical (unpaired) electrons. The number of carbonyl (C=O) groups excluding carboxylic acids is 1. The lowest BCUT2D eigenvalue weighted by atomic mass is 10.1. The second kappa shape index (κ2) is 5.58. The van der Waals surface area contributed by atoms with Crippen LogP contribution in [0, 0.1) is 5.92 Å². The van der Waals surface area contributed by atoms with Gasteiger partial charge < -0.3 is 10.6 Å². The summed E-state index contributed by atoms with van der Waals surface area (Å²) in [5.74, 6) is 0.106. The van der Waals surface area contributed by atoms with Crippen molar-refractivity contribution < 1.29 is 18.0 Å². The number of hydrogen-bond acceptors (Lipinski definition) is 2. The molecule has 0 unspecified atom stereocenters. The number of hydrogen-bond donors (Lipinski definition) is 1. The SMILES string of the molecule is CC(C)N(CC1CC1)C(=O)c1ccc(N)c(C(F)(F)F)c1. The van der Waals surface area contributed by atoms with Crippen LogP contribution in [0.25, 0.3) is 0 Å². The molecule has 2 N–H and O–H groups in total. The molecule has 1 aromatic carbocycles. The number of anilines is 1. The largest absolute Gasteiger partial charge is 0.418 e. The molecule has 0 saturated heterocycles. The summed E-state index contributed by atoms with van der Waals surface area (Å²) >= 11 is 0. The van der Waals surface area contributed by atoms with Gasteiger partial charge in [-0.2, -0.15) is 13.2 Å². The fourth-order valence-electron chi connectivity index (χ4n) is 2.21. The van der Waals surface area contributed by atoms with Gasteiger partial charge in [-0.1, -0.05) is 0 Å². The Balaban J connectivity index is 2.29. The molecule has 0 bridgehead atoms. The molecule has 6 heteroatoms. The van der Waals surface area contributed by atoms with E-state index >= 15 is 0 Å². The molecule has 2 rings (SSSR count). The summed E-state index contributed by atoms with van der Waals surface area (Å²) in [6.45, 7) is 4.33. The number of halogens is 3. The summed E-state index contributed by atoms with van der Waals surface area (Å²) in [6, 6.07) is 3.30. The van der Waals surface area contributed by atoms with Gasteiger partial charge in [0.15, 0.2) is 0 Å². The molecule has 116 valence electrons. The Morgan fingerprint density at radius 2 is 2.00 bits per heavy atom. The number of nitrogens with zero attached hydrogens (tertiary/aromatic N) is 1. The van der Waals surface area contributed by atoms with Crippen LogP contribution in [0.5, 0.6) is 0 Å². The van der Waals surface area contributed by atoms with Gasteiger partial charge in [0, 0.05) is 23.8 Å². The van der Waals surface area contributed by atoms with E-state index in [0.717, 1.165) is 25.0 Å².